The molecule has 170 valence electrons. The van der Waals surface area contributed by atoms with Crippen molar-refractivity contribution in [3.05, 3.63) is 57.9 Å². The van der Waals surface area contributed by atoms with Crippen molar-refractivity contribution in [1.29, 1.82) is 0 Å². The first-order chi connectivity index (χ1) is 15.9. The highest BCUT2D eigenvalue weighted by molar-refractivity contribution is 7.21. The van der Waals surface area contributed by atoms with Gasteiger partial charge in [-0.2, -0.15) is 0 Å². The van der Waals surface area contributed by atoms with Crippen LogP contribution in [0.15, 0.2) is 41.8 Å². The number of thiazole rings is 1. The first kappa shape index (κ1) is 22.0. The van der Waals surface area contributed by atoms with E-state index in [0.717, 1.165) is 52.9 Å². The van der Waals surface area contributed by atoms with E-state index in [4.69, 9.17) is 10.7 Å². The number of hydrogen-bond acceptors (Lipinski definition) is 6. The highest BCUT2D eigenvalue weighted by Crippen LogP contribution is 2.42. The van der Waals surface area contributed by atoms with Gasteiger partial charge in [-0.15, -0.1) is 22.7 Å². The lowest BCUT2D eigenvalue weighted by atomic mass is 9.69. The maximum atomic E-state index is 13.1. The van der Waals surface area contributed by atoms with E-state index in [2.05, 4.69) is 37.1 Å². The number of amides is 1. The smallest absolute Gasteiger partial charge is 0.269 e. The Bertz CT molecular complexity index is 1320. The minimum absolute atomic E-state index is 0.229. The van der Waals surface area contributed by atoms with E-state index < -0.39 is 0 Å². The summed E-state index contributed by atoms with van der Waals surface area (Å²) in [5, 5.41) is 6.33. The quantitative estimate of drug-likeness (QED) is 0.332. The van der Waals surface area contributed by atoms with E-state index in [1.807, 2.05) is 35.7 Å². The zero-order chi connectivity index (χ0) is 23.2. The topological polar surface area (TPSA) is 80.9 Å². The number of aromatic nitrogens is 2. The summed E-state index contributed by atoms with van der Waals surface area (Å²) in [6.07, 6.45) is 4.34. The Kier molecular flexibility index (Phi) is 5.70. The van der Waals surface area contributed by atoms with Crippen LogP contribution >= 0.6 is 22.7 Å². The summed E-state index contributed by atoms with van der Waals surface area (Å²) in [4.78, 5) is 23.9. The molecule has 5 rings (SSSR count). The van der Waals surface area contributed by atoms with Gasteiger partial charge in [-0.05, 0) is 42.2 Å². The summed E-state index contributed by atoms with van der Waals surface area (Å²) in [5.74, 6) is 0.410. The Labute approximate surface area is 202 Å². The summed E-state index contributed by atoms with van der Waals surface area (Å²) >= 11 is 2.78. The van der Waals surface area contributed by atoms with E-state index in [9.17, 15) is 4.79 Å². The second kappa shape index (κ2) is 8.54. The molecule has 1 amide bonds. The molecule has 33 heavy (non-hydrogen) atoms. The van der Waals surface area contributed by atoms with Gasteiger partial charge in [0.25, 0.3) is 5.91 Å². The van der Waals surface area contributed by atoms with Crippen LogP contribution < -0.4 is 11.1 Å². The molecule has 0 spiro atoms. The number of nitrogens with two attached hydrogens (primary N) is 1. The summed E-state index contributed by atoms with van der Waals surface area (Å²) in [7, 11) is 0. The number of nitrogens with zero attached hydrogens (tertiary/aromatic N) is 2. The van der Waals surface area contributed by atoms with Crippen molar-refractivity contribution >= 4 is 49.6 Å². The molecule has 0 aliphatic heterocycles. The molecule has 0 radical (unpaired) electrons. The third kappa shape index (κ3) is 4.15. The van der Waals surface area contributed by atoms with Gasteiger partial charge in [-0.3, -0.25) is 10.1 Å². The van der Waals surface area contributed by atoms with Crippen LogP contribution in [0.3, 0.4) is 0 Å². The summed E-state index contributed by atoms with van der Waals surface area (Å²) < 4.78 is 0. The predicted molar refractivity (Wildman–Crippen MR) is 139 cm³/mol. The summed E-state index contributed by atoms with van der Waals surface area (Å²) in [6, 6.07) is 12.1. The molecule has 1 aromatic carbocycles. The fraction of sp³-hybridized carbons (Fsp3) is 0.346. The van der Waals surface area contributed by atoms with Crippen molar-refractivity contribution in [2.75, 3.05) is 11.1 Å². The van der Waals surface area contributed by atoms with Crippen molar-refractivity contribution in [3.63, 3.8) is 0 Å². The number of nitrogens with one attached hydrogen (secondary N) is 1. The number of fused-ring (bicyclic) bond motifs is 2. The zero-order valence-corrected chi connectivity index (χ0v) is 20.8. The number of nitrogen functional groups attached to an aromatic ring is 1. The number of hydrogen-bond donors (Lipinski definition) is 2. The maximum absolute atomic E-state index is 13.1. The van der Waals surface area contributed by atoms with Crippen LogP contribution in [0.5, 0.6) is 0 Å². The highest BCUT2D eigenvalue weighted by atomic mass is 32.1. The van der Waals surface area contributed by atoms with Crippen molar-refractivity contribution in [1.82, 2.24) is 9.97 Å². The lowest BCUT2D eigenvalue weighted by Gasteiger charge is -2.36. The molecule has 1 aliphatic carbocycles. The molecule has 0 saturated carbocycles. The SMILES string of the molecule is CCC(C)(C)C1CCc2nc3sc(C(=O)Nc4nc(-c5ccccc5)cs4)c(N)c3cc2C1. The minimum atomic E-state index is -0.229. The van der Waals surface area contributed by atoms with Crippen LogP contribution in [0.1, 0.15) is 54.5 Å². The number of anilines is 2. The van der Waals surface area contributed by atoms with Gasteiger partial charge >= 0.3 is 0 Å². The molecule has 3 N–H and O–H groups in total. The maximum Gasteiger partial charge on any atom is 0.269 e. The number of benzene rings is 1. The molecule has 1 unspecified atom stereocenters. The molecular formula is C26H28N4OS2. The molecule has 0 saturated heterocycles. The molecule has 0 bridgehead atoms. The number of carbonyl (C=O) groups is 1. The Hall–Kier alpha value is -2.77. The zero-order valence-electron chi connectivity index (χ0n) is 19.1. The van der Waals surface area contributed by atoms with E-state index in [1.165, 1.54) is 28.2 Å². The molecule has 0 fully saturated rings. The van der Waals surface area contributed by atoms with Crippen LogP contribution in [-0.2, 0) is 12.8 Å². The third-order valence-electron chi connectivity index (χ3n) is 7.10. The number of thiophene rings is 1. The van der Waals surface area contributed by atoms with Crippen molar-refractivity contribution < 1.29 is 4.79 Å². The molecule has 3 aromatic heterocycles. The molecule has 1 atom stereocenters. The standard InChI is InChI=1S/C26H28N4OS2/c1-4-26(2,3)17-10-11-19-16(12-17)13-18-21(27)22(33-24(18)28-19)23(31)30-25-29-20(14-32-25)15-8-6-5-7-9-15/h5-9,13-14,17H,4,10-12,27H2,1-3H3,(H,29,30,31). The average molecular weight is 477 g/mol. The van der Waals surface area contributed by atoms with Crippen LogP contribution in [0, 0.1) is 11.3 Å². The van der Waals surface area contributed by atoms with Crippen molar-refractivity contribution in [3.8, 4) is 11.3 Å². The van der Waals surface area contributed by atoms with Gasteiger partial charge in [0.1, 0.15) is 9.71 Å². The summed E-state index contributed by atoms with van der Waals surface area (Å²) in [5.41, 5.74) is 11.6. The Morgan fingerprint density at radius 2 is 2.03 bits per heavy atom. The third-order valence-corrected chi connectivity index (χ3v) is 8.97. The predicted octanol–water partition coefficient (Wildman–Crippen LogP) is 6.80. The monoisotopic (exact) mass is 476 g/mol. The van der Waals surface area contributed by atoms with E-state index >= 15 is 0 Å². The van der Waals surface area contributed by atoms with Gasteiger partial charge in [-0.1, -0.05) is 57.5 Å². The first-order valence-electron chi connectivity index (χ1n) is 11.4. The first-order valence-corrected chi connectivity index (χ1v) is 13.1. The molecular weight excluding hydrogens is 448 g/mol. The lowest BCUT2D eigenvalue weighted by Crippen LogP contribution is -2.29. The van der Waals surface area contributed by atoms with Crippen molar-refractivity contribution in [2.24, 2.45) is 11.3 Å². The van der Waals surface area contributed by atoms with Gasteiger partial charge < -0.3 is 5.73 Å². The molecule has 4 aromatic rings. The van der Waals surface area contributed by atoms with Gasteiger partial charge in [0, 0.05) is 22.0 Å². The van der Waals surface area contributed by atoms with E-state index in [0.29, 0.717) is 27.0 Å². The van der Waals surface area contributed by atoms with E-state index in [-0.39, 0.29) is 5.91 Å². The Balaban J connectivity index is 1.40. The van der Waals surface area contributed by atoms with Crippen LogP contribution in [-0.4, -0.2) is 15.9 Å². The number of aryl methyl sites for hydroxylation is 1. The molecule has 5 nitrogen and oxygen atoms in total. The van der Waals surface area contributed by atoms with Crippen LogP contribution in [0.2, 0.25) is 0 Å². The van der Waals surface area contributed by atoms with Crippen LogP contribution in [0.4, 0.5) is 10.8 Å². The second-order valence-electron chi connectivity index (χ2n) is 9.43. The number of pyridine rings is 1. The van der Waals surface area contributed by atoms with Crippen LogP contribution in [0.25, 0.3) is 21.5 Å². The molecule has 1 aliphatic rings. The van der Waals surface area contributed by atoms with Gasteiger partial charge in [0.2, 0.25) is 0 Å². The largest absolute Gasteiger partial charge is 0.397 e. The molecule has 7 heteroatoms. The van der Waals surface area contributed by atoms with Gasteiger partial charge in [0.05, 0.1) is 11.4 Å². The number of rotatable bonds is 5. The van der Waals surface area contributed by atoms with Gasteiger partial charge in [-0.25, -0.2) is 9.97 Å². The fourth-order valence-electron chi connectivity index (χ4n) is 4.54. The molecule has 3 heterocycles. The minimum Gasteiger partial charge on any atom is -0.397 e. The normalized spacial score (nSPS) is 16.0. The number of carbonyl (C=O) groups excluding carboxylic acids is 1. The fourth-order valence-corrected chi connectivity index (χ4v) is 6.25. The summed E-state index contributed by atoms with van der Waals surface area (Å²) in [6.45, 7) is 6.99. The van der Waals surface area contributed by atoms with Crippen molar-refractivity contribution in [2.45, 2.75) is 46.5 Å². The Morgan fingerprint density at radius 3 is 2.79 bits per heavy atom. The highest BCUT2D eigenvalue weighted by Gasteiger charge is 2.32. The second-order valence-corrected chi connectivity index (χ2v) is 11.3. The lowest BCUT2D eigenvalue weighted by molar-refractivity contribution is 0.103. The Morgan fingerprint density at radius 1 is 1.24 bits per heavy atom. The average Bonchev–Trinajstić information content (AvgIpc) is 3.42. The van der Waals surface area contributed by atoms with E-state index in [1.54, 1.807) is 0 Å². The van der Waals surface area contributed by atoms with Gasteiger partial charge in [0.15, 0.2) is 5.13 Å².